The van der Waals surface area contributed by atoms with E-state index in [9.17, 15) is 4.79 Å². The Morgan fingerprint density at radius 2 is 2.29 bits per heavy atom. The van der Waals surface area contributed by atoms with Gasteiger partial charge in [0.2, 0.25) is 5.91 Å². The molecule has 0 aromatic heterocycles. The molecule has 0 spiro atoms. The monoisotopic (exact) mass is 321 g/mol. The topological polar surface area (TPSA) is 29.1 Å². The molecular formula is C10H12INOS. The third-order valence-corrected chi connectivity index (χ3v) is 3.18. The number of aryl methyl sites for hydroxylation is 1. The lowest BCUT2D eigenvalue weighted by Gasteiger charge is -2.05. The van der Waals surface area contributed by atoms with E-state index in [4.69, 9.17) is 0 Å². The Morgan fingerprint density at radius 1 is 1.57 bits per heavy atom. The smallest absolute Gasteiger partial charge is 0.225 e. The lowest BCUT2D eigenvalue weighted by molar-refractivity contribution is -0.115. The van der Waals surface area contributed by atoms with E-state index in [1.807, 2.05) is 25.1 Å². The molecule has 0 radical (unpaired) electrons. The third kappa shape index (κ3) is 3.49. The molecule has 0 saturated carbocycles. The number of halogens is 1. The van der Waals surface area contributed by atoms with Gasteiger partial charge in [0.1, 0.15) is 0 Å². The van der Waals surface area contributed by atoms with E-state index in [1.54, 1.807) is 0 Å². The van der Waals surface area contributed by atoms with Crippen molar-refractivity contribution in [1.29, 1.82) is 0 Å². The minimum atomic E-state index is 0.0136. The number of rotatable bonds is 3. The van der Waals surface area contributed by atoms with Crippen molar-refractivity contribution in [3.63, 3.8) is 0 Å². The molecule has 0 fully saturated rings. The molecule has 0 aliphatic rings. The molecule has 2 nitrogen and oxygen atoms in total. The van der Waals surface area contributed by atoms with Crippen LogP contribution in [0.4, 0.5) is 5.69 Å². The summed E-state index contributed by atoms with van der Waals surface area (Å²) in [6.45, 7) is 2.04. The van der Waals surface area contributed by atoms with Gasteiger partial charge >= 0.3 is 0 Å². The molecule has 0 saturated heterocycles. The lowest BCUT2D eigenvalue weighted by atomic mass is 10.2. The summed E-state index contributed by atoms with van der Waals surface area (Å²) in [6.07, 6.45) is 0.452. The van der Waals surface area contributed by atoms with Crippen molar-refractivity contribution in [3.8, 4) is 0 Å². The summed E-state index contributed by atoms with van der Waals surface area (Å²) < 4.78 is 1.16. The highest BCUT2D eigenvalue weighted by atomic mass is 127. The molecule has 0 unspecified atom stereocenters. The zero-order chi connectivity index (χ0) is 10.6. The van der Waals surface area contributed by atoms with Crippen LogP contribution in [0.15, 0.2) is 18.2 Å². The molecule has 1 aromatic carbocycles. The van der Waals surface area contributed by atoms with Crippen LogP contribution in [-0.2, 0) is 4.79 Å². The van der Waals surface area contributed by atoms with Crippen LogP contribution in [0.5, 0.6) is 0 Å². The largest absolute Gasteiger partial charge is 0.326 e. The highest BCUT2D eigenvalue weighted by molar-refractivity contribution is 14.1. The molecular weight excluding hydrogens is 309 g/mol. The number of carbonyl (C=O) groups excluding carboxylic acids is 1. The van der Waals surface area contributed by atoms with Crippen molar-refractivity contribution in [2.45, 2.75) is 13.3 Å². The molecule has 0 heterocycles. The van der Waals surface area contributed by atoms with Crippen molar-refractivity contribution >= 4 is 46.8 Å². The van der Waals surface area contributed by atoms with Gasteiger partial charge in [-0.05, 0) is 53.0 Å². The van der Waals surface area contributed by atoms with E-state index in [1.165, 1.54) is 5.56 Å². The third-order valence-electron chi connectivity index (χ3n) is 1.79. The van der Waals surface area contributed by atoms with Gasteiger partial charge in [-0.1, -0.05) is 6.07 Å². The first-order chi connectivity index (χ1) is 6.63. The predicted molar refractivity (Wildman–Crippen MR) is 71.0 cm³/mol. The van der Waals surface area contributed by atoms with Gasteiger partial charge in [-0.3, -0.25) is 4.79 Å². The Balaban J connectivity index is 2.68. The maximum absolute atomic E-state index is 11.2. The fourth-order valence-corrected chi connectivity index (χ4v) is 1.71. The summed E-state index contributed by atoms with van der Waals surface area (Å²) in [5, 5.41) is 2.82. The quantitative estimate of drug-likeness (QED) is 0.651. The summed E-state index contributed by atoms with van der Waals surface area (Å²) in [6, 6.07) is 5.87. The maximum atomic E-state index is 11.2. The van der Waals surface area contributed by atoms with E-state index < -0.39 is 0 Å². The molecule has 0 aliphatic carbocycles. The van der Waals surface area contributed by atoms with Gasteiger partial charge < -0.3 is 5.32 Å². The zero-order valence-electron chi connectivity index (χ0n) is 7.88. The lowest BCUT2D eigenvalue weighted by Crippen LogP contribution is -2.11. The fraction of sp³-hybridized carbons (Fsp3) is 0.300. The number of benzene rings is 1. The van der Waals surface area contributed by atoms with E-state index >= 15 is 0 Å². The Hall–Kier alpha value is -0.230. The van der Waals surface area contributed by atoms with Crippen LogP contribution < -0.4 is 5.32 Å². The Morgan fingerprint density at radius 3 is 2.86 bits per heavy atom. The first-order valence-corrected chi connectivity index (χ1v) is 6.01. The Labute approximate surface area is 103 Å². The molecule has 0 aliphatic heterocycles. The molecule has 1 aromatic rings. The standard InChI is InChI=1S/C10H12INOS/c1-7-2-3-8(6-9(7)11)12-10(13)4-5-14/h2-3,6,14H,4-5H2,1H3,(H,12,13). The predicted octanol–water partition coefficient (Wildman–Crippen LogP) is 2.86. The molecule has 14 heavy (non-hydrogen) atoms. The molecule has 1 amide bonds. The molecule has 76 valence electrons. The van der Waals surface area contributed by atoms with Gasteiger partial charge in [-0.25, -0.2) is 0 Å². The Kier molecular flexibility index (Phi) is 4.74. The van der Waals surface area contributed by atoms with Crippen LogP contribution in [0.25, 0.3) is 0 Å². The summed E-state index contributed by atoms with van der Waals surface area (Å²) in [5.74, 6) is 0.592. The summed E-state index contributed by atoms with van der Waals surface area (Å²) in [4.78, 5) is 11.2. The van der Waals surface area contributed by atoms with Crippen LogP contribution in [0.2, 0.25) is 0 Å². The second-order valence-electron chi connectivity index (χ2n) is 2.99. The van der Waals surface area contributed by atoms with E-state index in [2.05, 4.69) is 40.5 Å². The van der Waals surface area contributed by atoms with Gasteiger partial charge in [-0.15, -0.1) is 0 Å². The highest BCUT2D eigenvalue weighted by Crippen LogP contribution is 2.17. The van der Waals surface area contributed by atoms with Gasteiger partial charge in [0.25, 0.3) is 0 Å². The van der Waals surface area contributed by atoms with Gasteiger partial charge in [0, 0.05) is 15.7 Å². The van der Waals surface area contributed by atoms with Crippen molar-refractivity contribution in [2.75, 3.05) is 11.1 Å². The number of hydrogen-bond donors (Lipinski definition) is 2. The number of anilines is 1. The molecule has 4 heteroatoms. The van der Waals surface area contributed by atoms with E-state index in [-0.39, 0.29) is 5.91 Å². The average Bonchev–Trinajstić information content (AvgIpc) is 2.12. The van der Waals surface area contributed by atoms with Crippen LogP contribution >= 0.6 is 35.2 Å². The number of thiol groups is 1. The van der Waals surface area contributed by atoms with Gasteiger partial charge in [0.05, 0.1) is 0 Å². The SMILES string of the molecule is Cc1ccc(NC(=O)CCS)cc1I. The number of carbonyl (C=O) groups is 1. The van der Waals surface area contributed by atoms with Crippen molar-refractivity contribution in [3.05, 3.63) is 27.3 Å². The highest BCUT2D eigenvalue weighted by Gasteiger charge is 2.01. The van der Waals surface area contributed by atoms with E-state index in [0.29, 0.717) is 12.2 Å². The summed E-state index contributed by atoms with van der Waals surface area (Å²) in [5.41, 5.74) is 2.07. The number of hydrogen-bond acceptors (Lipinski definition) is 2. The second kappa shape index (κ2) is 5.60. The second-order valence-corrected chi connectivity index (χ2v) is 4.60. The molecule has 0 atom stereocenters. The number of nitrogens with one attached hydrogen (secondary N) is 1. The van der Waals surface area contributed by atoms with Crippen molar-refractivity contribution < 1.29 is 4.79 Å². The van der Waals surface area contributed by atoms with Crippen LogP contribution in [-0.4, -0.2) is 11.7 Å². The molecule has 1 N–H and O–H groups in total. The normalized spacial score (nSPS) is 9.93. The molecule has 0 bridgehead atoms. The van der Waals surface area contributed by atoms with Crippen molar-refractivity contribution in [1.82, 2.24) is 0 Å². The van der Waals surface area contributed by atoms with Gasteiger partial charge in [0.15, 0.2) is 0 Å². The summed E-state index contributed by atoms with van der Waals surface area (Å²) >= 11 is 6.25. The van der Waals surface area contributed by atoms with Crippen LogP contribution in [0.1, 0.15) is 12.0 Å². The van der Waals surface area contributed by atoms with Gasteiger partial charge in [-0.2, -0.15) is 12.6 Å². The van der Waals surface area contributed by atoms with E-state index in [0.717, 1.165) is 9.26 Å². The maximum Gasteiger partial charge on any atom is 0.225 e. The minimum Gasteiger partial charge on any atom is -0.326 e. The van der Waals surface area contributed by atoms with Crippen molar-refractivity contribution in [2.24, 2.45) is 0 Å². The van der Waals surface area contributed by atoms with Crippen LogP contribution in [0.3, 0.4) is 0 Å². The first kappa shape index (κ1) is 11.8. The zero-order valence-corrected chi connectivity index (χ0v) is 10.9. The van der Waals surface area contributed by atoms with Crippen LogP contribution in [0, 0.1) is 10.5 Å². The molecule has 1 rings (SSSR count). The Bertz CT molecular complexity index is 341. The summed E-state index contributed by atoms with van der Waals surface area (Å²) in [7, 11) is 0. The minimum absolute atomic E-state index is 0.0136. The fourth-order valence-electron chi connectivity index (χ4n) is 0.996. The first-order valence-electron chi connectivity index (χ1n) is 4.30. The number of amides is 1. The average molecular weight is 321 g/mol.